The number of methoxy groups -OCH3 is 1. The van der Waals surface area contributed by atoms with Crippen LogP contribution in [0.25, 0.3) is 0 Å². The first-order valence-corrected chi connectivity index (χ1v) is 14.8. The van der Waals surface area contributed by atoms with Crippen molar-refractivity contribution in [3.63, 3.8) is 0 Å². The number of carbonyl (C=O) groups is 1. The molecule has 0 radical (unpaired) electrons. The smallest absolute Gasteiger partial charge is 0.407 e. The monoisotopic (exact) mass is 536 g/mol. The van der Waals surface area contributed by atoms with Crippen molar-refractivity contribution in [3.8, 4) is 0 Å². The predicted molar refractivity (Wildman–Crippen MR) is 148 cm³/mol. The van der Waals surface area contributed by atoms with E-state index in [1.54, 1.807) is 7.11 Å². The van der Waals surface area contributed by atoms with Gasteiger partial charge in [0.25, 0.3) is 0 Å². The maximum atomic E-state index is 12.9. The summed E-state index contributed by atoms with van der Waals surface area (Å²) >= 11 is 0. The zero-order valence-corrected chi connectivity index (χ0v) is 23.9. The topological polar surface area (TPSA) is 141 Å². The van der Waals surface area contributed by atoms with E-state index in [0.717, 1.165) is 51.4 Å². The lowest BCUT2D eigenvalue weighted by Crippen LogP contribution is -2.63. The molecule has 0 aromatic heterocycles. The maximum Gasteiger partial charge on any atom is 0.407 e. The lowest BCUT2D eigenvalue weighted by Gasteiger charge is -2.48. The van der Waals surface area contributed by atoms with Gasteiger partial charge in [0.2, 0.25) is 0 Å². The number of allylic oxidation sites excluding steroid dienone is 1. The van der Waals surface area contributed by atoms with Crippen LogP contribution in [-0.2, 0) is 14.2 Å². The van der Waals surface area contributed by atoms with Gasteiger partial charge >= 0.3 is 6.09 Å². The molecule has 3 aliphatic carbocycles. The normalized spacial score (nSPS) is 43.2. The van der Waals surface area contributed by atoms with Gasteiger partial charge in [-0.3, -0.25) is 0 Å². The van der Waals surface area contributed by atoms with Gasteiger partial charge in [-0.1, -0.05) is 11.6 Å². The molecular formula is C29H52N4O5. The van der Waals surface area contributed by atoms with Gasteiger partial charge in [0.1, 0.15) is 12.2 Å². The van der Waals surface area contributed by atoms with Gasteiger partial charge < -0.3 is 41.4 Å². The van der Waals surface area contributed by atoms with Gasteiger partial charge in [-0.05, 0) is 91.4 Å². The highest BCUT2D eigenvalue weighted by Crippen LogP contribution is 2.53. The molecule has 4 fully saturated rings. The van der Waals surface area contributed by atoms with Gasteiger partial charge in [-0.2, -0.15) is 0 Å². The van der Waals surface area contributed by atoms with E-state index in [-0.39, 0.29) is 30.1 Å². The van der Waals surface area contributed by atoms with Crippen LogP contribution in [0.15, 0.2) is 11.6 Å². The molecule has 38 heavy (non-hydrogen) atoms. The number of amides is 1. The van der Waals surface area contributed by atoms with E-state index in [2.05, 4.69) is 30.6 Å². The fourth-order valence-electron chi connectivity index (χ4n) is 7.35. The Morgan fingerprint density at radius 2 is 1.63 bits per heavy atom. The van der Waals surface area contributed by atoms with Crippen molar-refractivity contribution in [3.05, 3.63) is 11.6 Å². The average molecular weight is 537 g/mol. The Bertz CT molecular complexity index is 818. The van der Waals surface area contributed by atoms with Gasteiger partial charge in [-0.25, -0.2) is 4.79 Å². The van der Waals surface area contributed by atoms with Gasteiger partial charge in [-0.15, -0.1) is 0 Å². The molecule has 0 aromatic rings. The van der Waals surface area contributed by atoms with Crippen molar-refractivity contribution in [1.29, 1.82) is 0 Å². The van der Waals surface area contributed by atoms with Crippen LogP contribution in [0.1, 0.15) is 91.4 Å². The van der Waals surface area contributed by atoms with E-state index in [9.17, 15) is 9.90 Å². The summed E-state index contributed by atoms with van der Waals surface area (Å²) in [5, 5.41) is 18.8. The molecule has 0 aromatic carbocycles. The van der Waals surface area contributed by atoms with Crippen molar-refractivity contribution in [2.45, 2.75) is 145 Å². The van der Waals surface area contributed by atoms with E-state index in [1.807, 2.05) is 6.92 Å². The molecule has 6 unspecified atom stereocenters. The second-order valence-electron chi connectivity index (χ2n) is 12.8. The molecule has 3 saturated carbocycles. The minimum atomic E-state index is -1.15. The summed E-state index contributed by atoms with van der Waals surface area (Å²) in [4.78, 5) is 12.9. The third kappa shape index (κ3) is 6.73. The zero-order valence-electron chi connectivity index (χ0n) is 23.9. The second-order valence-corrected chi connectivity index (χ2v) is 12.8. The summed E-state index contributed by atoms with van der Waals surface area (Å²) < 4.78 is 18.9. The summed E-state index contributed by atoms with van der Waals surface area (Å²) in [6.07, 6.45) is 9.99. The van der Waals surface area contributed by atoms with Gasteiger partial charge in [0.05, 0.1) is 23.2 Å². The molecule has 9 nitrogen and oxygen atoms in total. The molecule has 1 aliphatic heterocycles. The van der Waals surface area contributed by atoms with E-state index in [1.165, 1.54) is 5.57 Å². The van der Waals surface area contributed by atoms with Gasteiger partial charge in [0.15, 0.2) is 0 Å². The Morgan fingerprint density at radius 3 is 2.21 bits per heavy atom. The lowest BCUT2D eigenvalue weighted by molar-refractivity contribution is -0.163. The fraction of sp³-hybridized carbons (Fsp3) is 0.897. The summed E-state index contributed by atoms with van der Waals surface area (Å²) in [5.74, 6) is -0.354. The second kappa shape index (κ2) is 12.5. The Morgan fingerprint density at radius 1 is 1.03 bits per heavy atom. The van der Waals surface area contributed by atoms with E-state index in [0.29, 0.717) is 31.8 Å². The number of fused-ring (bicyclic) bond motifs is 1. The minimum Gasteiger partial charge on any atom is -0.443 e. The van der Waals surface area contributed by atoms with Crippen LogP contribution < -0.4 is 22.1 Å². The van der Waals surface area contributed by atoms with Crippen molar-refractivity contribution >= 4 is 6.09 Å². The number of alkyl carbamates (subject to hydrolysis) is 1. The number of ether oxygens (including phenoxy) is 3. The molecule has 218 valence electrons. The maximum absolute atomic E-state index is 12.9. The number of hydrogen-bond acceptors (Lipinski definition) is 8. The van der Waals surface area contributed by atoms with Crippen molar-refractivity contribution in [2.75, 3.05) is 13.7 Å². The number of hydrogen-bond donors (Lipinski definition) is 5. The van der Waals surface area contributed by atoms with E-state index >= 15 is 0 Å². The van der Waals surface area contributed by atoms with Crippen molar-refractivity contribution < 1.29 is 24.1 Å². The fourth-order valence-corrected chi connectivity index (χ4v) is 7.35. The molecule has 6 atom stereocenters. The van der Waals surface area contributed by atoms with Gasteiger partial charge in [0, 0.05) is 37.8 Å². The number of carbonyl (C=O) groups excluding carboxylic acids is 1. The van der Waals surface area contributed by atoms with Crippen LogP contribution in [0, 0.1) is 5.92 Å². The van der Waals surface area contributed by atoms with Crippen LogP contribution in [0.3, 0.4) is 0 Å². The first-order chi connectivity index (χ1) is 18.0. The zero-order chi connectivity index (χ0) is 27.5. The standard InChI is InChI=1S/C29H52N4O5/c1-18(2)5-14-24-28(3,35)26-25(36-4)23(37-27(34)33-22-12-8-20(31)9-13-22)15-16-29(26,38-24)17-32-21-10-6-19(30)7-11-21/h5,19-26,32,35H,6-17,30-31H2,1-4H3,(H,33,34)/t19-,20-,21-,22-,23?,24?,25?,26?,28?,29?. The van der Waals surface area contributed by atoms with Crippen molar-refractivity contribution in [2.24, 2.45) is 17.4 Å². The molecular weight excluding hydrogens is 484 g/mol. The van der Waals surface area contributed by atoms with Crippen LogP contribution in [-0.4, -0.2) is 78.5 Å². The Labute approximate surface area is 228 Å². The SMILES string of the molecule is COC1C(OC(=O)N[C@H]2CC[C@H](N)CC2)CCC2(CN[C@H]3CC[C@H](N)CC3)OC(CC=C(C)C)C(C)(O)C12. The molecule has 1 saturated heterocycles. The largest absolute Gasteiger partial charge is 0.443 e. The lowest BCUT2D eigenvalue weighted by atomic mass is 9.65. The Balaban J connectivity index is 1.49. The molecule has 7 N–H and O–H groups in total. The number of nitrogens with two attached hydrogens (primary N) is 2. The molecule has 9 heteroatoms. The minimum absolute atomic E-state index is 0.0881. The molecule has 1 heterocycles. The predicted octanol–water partition coefficient (Wildman–Crippen LogP) is 2.88. The third-order valence-corrected chi connectivity index (χ3v) is 9.60. The van der Waals surface area contributed by atoms with Crippen LogP contribution >= 0.6 is 0 Å². The van der Waals surface area contributed by atoms with Crippen LogP contribution in [0.2, 0.25) is 0 Å². The van der Waals surface area contributed by atoms with Crippen molar-refractivity contribution in [1.82, 2.24) is 10.6 Å². The summed E-state index contributed by atoms with van der Waals surface area (Å²) in [7, 11) is 1.65. The highest BCUT2D eigenvalue weighted by atomic mass is 16.6. The summed E-state index contributed by atoms with van der Waals surface area (Å²) in [5.41, 5.74) is 11.6. The van der Waals surface area contributed by atoms with E-state index < -0.39 is 29.5 Å². The quantitative estimate of drug-likeness (QED) is 0.298. The highest BCUT2D eigenvalue weighted by Gasteiger charge is 2.66. The average Bonchev–Trinajstić information content (AvgIpc) is 3.10. The van der Waals surface area contributed by atoms with Crippen LogP contribution in [0.5, 0.6) is 0 Å². The first-order valence-electron chi connectivity index (χ1n) is 14.8. The molecule has 0 spiro atoms. The molecule has 4 aliphatic rings. The molecule has 0 bridgehead atoms. The number of nitrogens with one attached hydrogen (secondary N) is 2. The number of aliphatic hydroxyl groups is 1. The molecule has 1 amide bonds. The number of rotatable bonds is 8. The molecule has 4 rings (SSSR count). The Kier molecular flexibility index (Phi) is 9.80. The summed E-state index contributed by atoms with van der Waals surface area (Å²) in [6.45, 7) is 6.60. The van der Waals surface area contributed by atoms with E-state index in [4.69, 9.17) is 25.7 Å². The Hall–Kier alpha value is -1.23. The highest BCUT2D eigenvalue weighted by molar-refractivity contribution is 5.68. The first kappa shape index (κ1) is 29.7. The third-order valence-electron chi connectivity index (χ3n) is 9.60. The summed E-state index contributed by atoms with van der Waals surface area (Å²) in [6, 6.07) is 0.985. The van der Waals surface area contributed by atoms with Crippen LogP contribution in [0.4, 0.5) is 4.79 Å².